The Labute approximate surface area is 134 Å². The van der Waals surface area contributed by atoms with Gasteiger partial charge in [0.25, 0.3) is 0 Å². The third-order valence-electron chi connectivity index (χ3n) is 3.34. The van der Waals surface area contributed by atoms with Crippen LogP contribution < -0.4 is 4.74 Å². The van der Waals surface area contributed by atoms with Gasteiger partial charge in [0.05, 0.1) is 5.56 Å². The van der Waals surface area contributed by atoms with Crippen molar-refractivity contribution in [3.63, 3.8) is 0 Å². The summed E-state index contributed by atoms with van der Waals surface area (Å²) in [6, 6.07) is 10.5. The van der Waals surface area contributed by atoms with Gasteiger partial charge in [0.2, 0.25) is 0 Å². The molecule has 2 aromatic carbocycles. The Hall–Kier alpha value is -2.18. The summed E-state index contributed by atoms with van der Waals surface area (Å²) >= 11 is 0. The van der Waals surface area contributed by atoms with E-state index >= 15 is 0 Å². The highest BCUT2D eigenvalue weighted by Crippen LogP contribution is 2.29. The van der Waals surface area contributed by atoms with Gasteiger partial charge < -0.3 is 4.74 Å². The highest BCUT2D eigenvalue weighted by molar-refractivity contribution is 5.29. The molecule has 0 aliphatic rings. The molecule has 24 heavy (non-hydrogen) atoms. The molecule has 0 N–H and O–H groups in total. The van der Waals surface area contributed by atoms with Gasteiger partial charge in [-0.05, 0) is 54.7 Å². The Kier molecular flexibility index (Phi) is 5.41. The van der Waals surface area contributed by atoms with Crippen LogP contribution in [0.1, 0.15) is 23.1 Å². The van der Waals surface area contributed by atoms with Crippen LogP contribution in [0.2, 0.25) is 0 Å². The molecule has 0 aliphatic carbocycles. The minimum absolute atomic E-state index is 0.283. The second-order valence-electron chi connectivity index (χ2n) is 5.24. The molecule has 0 heterocycles. The molecule has 0 radical (unpaired) electrons. The largest absolute Gasteiger partial charge is 0.573 e. The number of benzene rings is 2. The Morgan fingerprint density at radius 1 is 0.750 bits per heavy atom. The predicted molar refractivity (Wildman–Crippen MR) is 76.6 cm³/mol. The highest BCUT2D eigenvalue weighted by Gasteiger charge is 2.31. The first kappa shape index (κ1) is 18.2. The van der Waals surface area contributed by atoms with E-state index in [0.717, 1.165) is 17.7 Å². The summed E-state index contributed by atoms with van der Waals surface area (Å²) < 4.78 is 77.7. The third kappa shape index (κ3) is 5.79. The van der Waals surface area contributed by atoms with Crippen LogP contribution in [0.4, 0.5) is 26.3 Å². The fraction of sp³-hybridized carbons (Fsp3) is 0.294. The first-order chi connectivity index (χ1) is 11.1. The standard InChI is InChI=1S/C17H14F6O/c18-16(19,20)14-9-7-12(8-10-14)3-1-4-13-5-2-6-15(11-13)24-17(21,22)23/h2,5-11H,1,3-4H2. The summed E-state index contributed by atoms with van der Waals surface area (Å²) in [7, 11) is 0. The van der Waals surface area contributed by atoms with Gasteiger partial charge in [-0.2, -0.15) is 13.2 Å². The topological polar surface area (TPSA) is 9.23 Å². The molecule has 0 fully saturated rings. The average molecular weight is 348 g/mol. The predicted octanol–water partition coefficient (Wildman–Crippen LogP) is 5.78. The minimum atomic E-state index is -4.74. The number of hydrogen-bond acceptors (Lipinski definition) is 1. The second kappa shape index (κ2) is 7.15. The van der Waals surface area contributed by atoms with Crippen LogP contribution >= 0.6 is 0 Å². The van der Waals surface area contributed by atoms with Crippen molar-refractivity contribution >= 4 is 0 Å². The van der Waals surface area contributed by atoms with Crippen molar-refractivity contribution in [3.05, 3.63) is 65.2 Å². The van der Waals surface area contributed by atoms with Crippen LogP contribution in [0.3, 0.4) is 0 Å². The van der Waals surface area contributed by atoms with E-state index in [-0.39, 0.29) is 5.75 Å². The molecule has 0 bridgehead atoms. The summed E-state index contributed by atoms with van der Waals surface area (Å²) in [5, 5.41) is 0. The second-order valence-corrected chi connectivity index (χ2v) is 5.24. The van der Waals surface area contributed by atoms with Crippen molar-refractivity contribution in [2.45, 2.75) is 31.8 Å². The molecular weight excluding hydrogens is 334 g/mol. The first-order valence-corrected chi connectivity index (χ1v) is 7.14. The van der Waals surface area contributed by atoms with Gasteiger partial charge in [0.1, 0.15) is 5.75 Å². The van der Waals surface area contributed by atoms with Crippen LogP contribution in [-0.4, -0.2) is 6.36 Å². The van der Waals surface area contributed by atoms with Gasteiger partial charge in [-0.25, -0.2) is 0 Å². The van der Waals surface area contributed by atoms with Crippen molar-refractivity contribution in [1.29, 1.82) is 0 Å². The Balaban J connectivity index is 1.89. The lowest BCUT2D eigenvalue weighted by Gasteiger charge is -2.10. The van der Waals surface area contributed by atoms with E-state index < -0.39 is 18.1 Å². The molecule has 0 aliphatic heterocycles. The van der Waals surface area contributed by atoms with E-state index in [9.17, 15) is 26.3 Å². The number of halogens is 6. The van der Waals surface area contributed by atoms with E-state index in [1.807, 2.05) is 0 Å². The van der Waals surface area contributed by atoms with Gasteiger partial charge >= 0.3 is 12.5 Å². The summed E-state index contributed by atoms with van der Waals surface area (Å²) in [6.45, 7) is 0. The lowest BCUT2D eigenvalue weighted by atomic mass is 10.0. The average Bonchev–Trinajstić information content (AvgIpc) is 2.45. The molecule has 0 saturated carbocycles. The van der Waals surface area contributed by atoms with Gasteiger partial charge in [0.15, 0.2) is 0 Å². The van der Waals surface area contributed by atoms with Crippen LogP contribution in [0.5, 0.6) is 5.75 Å². The SMILES string of the molecule is FC(F)(F)Oc1cccc(CCCc2ccc(C(F)(F)F)cc2)c1. The maximum atomic E-state index is 12.5. The maximum absolute atomic E-state index is 12.5. The Morgan fingerprint density at radius 3 is 1.96 bits per heavy atom. The molecule has 0 unspecified atom stereocenters. The normalized spacial score (nSPS) is 12.2. The van der Waals surface area contributed by atoms with E-state index in [1.165, 1.54) is 30.3 Å². The summed E-state index contributed by atoms with van der Waals surface area (Å²) in [5.74, 6) is -0.283. The van der Waals surface area contributed by atoms with Crippen LogP contribution in [0.15, 0.2) is 48.5 Å². The molecule has 0 aromatic heterocycles. The quantitative estimate of drug-likeness (QED) is 0.623. The molecule has 0 spiro atoms. The maximum Gasteiger partial charge on any atom is 0.573 e. The van der Waals surface area contributed by atoms with Crippen LogP contribution in [0, 0.1) is 0 Å². The molecule has 0 amide bonds. The molecular formula is C17H14F6O. The first-order valence-electron chi connectivity index (χ1n) is 7.14. The Morgan fingerprint density at radius 2 is 1.38 bits per heavy atom. The number of ether oxygens (including phenoxy) is 1. The summed E-state index contributed by atoms with van der Waals surface area (Å²) in [6.07, 6.45) is -7.48. The molecule has 2 rings (SSSR count). The van der Waals surface area contributed by atoms with Crippen molar-refractivity contribution in [3.8, 4) is 5.75 Å². The number of aryl methyl sites for hydroxylation is 2. The van der Waals surface area contributed by atoms with E-state index in [0.29, 0.717) is 24.8 Å². The van der Waals surface area contributed by atoms with E-state index in [2.05, 4.69) is 4.74 Å². The van der Waals surface area contributed by atoms with Gasteiger partial charge in [-0.1, -0.05) is 24.3 Å². The molecule has 130 valence electrons. The summed E-state index contributed by atoms with van der Waals surface area (Å²) in [5.41, 5.74) is 0.706. The fourth-order valence-electron chi connectivity index (χ4n) is 2.26. The zero-order valence-corrected chi connectivity index (χ0v) is 12.4. The number of alkyl halides is 6. The molecule has 1 nitrogen and oxygen atoms in total. The zero-order valence-electron chi connectivity index (χ0n) is 12.4. The van der Waals surface area contributed by atoms with Gasteiger partial charge in [-0.15, -0.1) is 13.2 Å². The van der Waals surface area contributed by atoms with E-state index in [4.69, 9.17) is 0 Å². The number of rotatable bonds is 5. The number of hydrogen-bond donors (Lipinski definition) is 0. The minimum Gasteiger partial charge on any atom is -0.406 e. The lowest BCUT2D eigenvalue weighted by Crippen LogP contribution is -2.17. The fourth-order valence-corrected chi connectivity index (χ4v) is 2.26. The lowest BCUT2D eigenvalue weighted by molar-refractivity contribution is -0.274. The molecule has 0 saturated heterocycles. The van der Waals surface area contributed by atoms with Gasteiger partial charge in [-0.3, -0.25) is 0 Å². The van der Waals surface area contributed by atoms with Crippen LogP contribution in [0.25, 0.3) is 0 Å². The summed E-state index contributed by atoms with van der Waals surface area (Å²) in [4.78, 5) is 0. The third-order valence-corrected chi connectivity index (χ3v) is 3.34. The van der Waals surface area contributed by atoms with Crippen molar-refractivity contribution in [2.75, 3.05) is 0 Å². The smallest absolute Gasteiger partial charge is 0.406 e. The zero-order chi connectivity index (χ0) is 17.8. The highest BCUT2D eigenvalue weighted by atomic mass is 19.4. The van der Waals surface area contributed by atoms with Gasteiger partial charge in [0, 0.05) is 0 Å². The van der Waals surface area contributed by atoms with Crippen molar-refractivity contribution < 1.29 is 31.1 Å². The van der Waals surface area contributed by atoms with Crippen molar-refractivity contribution in [2.24, 2.45) is 0 Å². The Bertz CT molecular complexity index is 658. The molecule has 2 aromatic rings. The van der Waals surface area contributed by atoms with E-state index in [1.54, 1.807) is 6.07 Å². The van der Waals surface area contributed by atoms with Crippen LogP contribution in [-0.2, 0) is 19.0 Å². The monoisotopic (exact) mass is 348 g/mol. The van der Waals surface area contributed by atoms with Crippen molar-refractivity contribution in [1.82, 2.24) is 0 Å². The molecule has 7 heteroatoms. The molecule has 0 atom stereocenters.